The van der Waals surface area contributed by atoms with E-state index in [0.29, 0.717) is 25.7 Å². The molecular formula is C13H27NO3. The fourth-order valence-corrected chi connectivity index (χ4v) is 1.46. The SMILES string of the molecule is CCCC(NCCOCC(C)C)C(=O)OCC. The number of hydrogen-bond acceptors (Lipinski definition) is 4. The van der Waals surface area contributed by atoms with Gasteiger partial charge in [-0.05, 0) is 19.3 Å². The molecule has 0 amide bonds. The van der Waals surface area contributed by atoms with Crippen LogP contribution in [0.25, 0.3) is 0 Å². The van der Waals surface area contributed by atoms with Crippen LogP contribution in [0.2, 0.25) is 0 Å². The van der Waals surface area contributed by atoms with Gasteiger partial charge in [-0.15, -0.1) is 0 Å². The molecule has 0 saturated carbocycles. The lowest BCUT2D eigenvalue weighted by atomic mass is 10.1. The van der Waals surface area contributed by atoms with Crippen LogP contribution in [0.1, 0.15) is 40.5 Å². The molecular weight excluding hydrogens is 218 g/mol. The summed E-state index contributed by atoms with van der Waals surface area (Å²) >= 11 is 0. The lowest BCUT2D eigenvalue weighted by Crippen LogP contribution is -2.39. The van der Waals surface area contributed by atoms with Crippen molar-refractivity contribution in [3.05, 3.63) is 0 Å². The number of esters is 1. The molecule has 4 heteroatoms. The van der Waals surface area contributed by atoms with E-state index in [2.05, 4.69) is 26.1 Å². The van der Waals surface area contributed by atoms with E-state index in [4.69, 9.17) is 9.47 Å². The number of ether oxygens (including phenoxy) is 2. The van der Waals surface area contributed by atoms with Crippen molar-refractivity contribution in [3.63, 3.8) is 0 Å². The molecule has 0 spiro atoms. The normalized spacial score (nSPS) is 12.8. The zero-order valence-corrected chi connectivity index (χ0v) is 11.6. The molecule has 0 radical (unpaired) electrons. The molecule has 0 aliphatic rings. The molecule has 1 unspecified atom stereocenters. The van der Waals surface area contributed by atoms with Crippen LogP contribution in [-0.4, -0.2) is 38.4 Å². The van der Waals surface area contributed by atoms with Gasteiger partial charge in [0.05, 0.1) is 13.2 Å². The summed E-state index contributed by atoms with van der Waals surface area (Å²) in [6.07, 6.45) is 1.77. The minimum atomic E-state index is -0.192. The summed E-state index contributed by atoms with van der Waals surface area (Å²) in [5.41, 5.74) is 0. The van der Waals surface area contributed by atoms with Crippen molar-refractivity contribution in [1.29, 1.82) is 0 Å². The Bertz CT molecular complexity index is 195. The maximum absolute atomic E-state index is 11.6. The fraction of sp³-hybridized carbons (Fsp3) is 0.923. The first-order valence-corrected chi connectivity index (χ1v) is 6.59. The van der Waals surface area contributed by atoms with Gasteiger partial charge >= 0.3 is 5.97 Å². The van der Waals surface area contributed by atoms with Crippen LogP contribution in [0, 0.1) is 5.92 Å². The first kappa shape index (κ1) is 16.4. The molecule has 0 saturated heterocycles. The third kappa shape index (κ3) is 9.12. The Labute approximate surface area is 105 Å². The smallest absolute Gasteiger partial charge is 0.323 e. The number of rotatable bonds is 10. The number of carbonyl (C=O) groups is 1. The predicted molar refractivity (Wildman–Crippen MR) is 69.0 cm³/mol. The van der Waals surface area contributed by atoms with Gasteiger partial charge in [0, 0.05) is 13.2 Å². The fourth-order valence-electron chi connectivity index (χ4n) is 1.46. The third-order valence-electron chi connectivity index (χ3n) is 2.24. The number of carbonyl (C=O) groups excluding carboxylic acids is 1. The Morgan fingerprint density at radius 1 is 1.29 bits per heavy atom. The van der Waals surface area contributed by atoms with Gasteiger partial charge in [-0.3, -0.25) is 4.79 Å². The minimum Gasteiger partial charge on any atom is -0.465 e. The van der Waals surface area contributed by atoms with Gasteiger partial charge in [0.1, 0.15) is 6.04 Å². The summed E-state index contributed by atoms with van der Waals surface area (Å²) in [6, 6.07) is -0.192. The highest BCUT2D eigenvalue weighted by Crippen LogP contribution is 1.99. The van der Waals surface area contributed by atoms with Gasteiger partial charge in [-0.1, -0.05) is 27.2 Å². The molecule has 1 atom stereocenters. The second-order valence-corrected chi connectivity index (χ2v) is 4.52. The van der Waals surface area contributed by atoms with E-state index in [9.17, 15) is 4.79 Å². The average molecular weight is 245 g/mol. The maximum atomic E-state index is 11.6. The van der Waals surface area contributed by atoms with E-state index in [1.807, 2.05) is 6.92 Å². The molecule has 0 aromatic carbocycles. The van der Waals surface area contributed by atoms with Crippen molar-refractivity contribution < 1.29 is 14.3 Å². The van der Waals surface area contributed by atoms with E-state index in [-0.39, 0.29) is 12.0 Å². The highest BCUT2D eigenvalue weighted by molar-refractivity contribution is 5.75. The van der Waals surface area contributed by atoms with Gasteiger partial charge in [0.15, 0.2) is 0 Å². The largest absolute Gasteiger partial charge is 0.465 e. The summed E-state index contributed by atoms with van der Waals surface area (Å²) in [5.74, 6) is 0.393. The summed E-state index contributed by atoms with van der Waals surface area (Å²) in [4.78, 5) is 11.6. The second-order valence-electron chi connectivity index (χ2n) is 4.52. The van der Waals surface area contributed by atoms with Crippen LogP contribution >= 0.6 is 0 Å². The van der Waals surface area contributed by atoms with Crippen LogP contribution < -0.4 is 5.32 Å². The highest BCUT2D eigenvalue weighted by atomic mass is 16.5. The van der Waals surface area contributed by atoms with Crippen molar-refractivity contribution in [2.24, 2.45) is 5.92 Å². The highest BCUT2D eigenvalue weighted by Gasteiger charge is 2.17. The summed E-state index contributed by atoms with van der Waals surface area (Å²) in [5, 5.41) is 3.18. The number of nitrogens with one attached hydrogen (secondary N) is 1. The Kier molecular flexibility index (Phi) is 10.2. The van der Waals surface area contributed by atoms with Crippen LogP contribution in [0.4, 0.5) is 0 Å². The van der Waals surface area contributed by atoms with Gasteiger partial charge < -0.3 is 14.8 Å². The molecule has 0 aromatic rings. The van der Waals surface area contributed by atoms with Gasteiger partial charge in [-0.2, -0.15) is 0 Å². The minimum absolute atomic E-state index is 0.154. The molecule has 17 heavy (non-hydrogen) atoms. The van der Waals surface area contributed by atoms with Gasteiger partial charge in [0.25, 0.3) is 0 Å². The van der Waals surface area contributed by atoms with Crippen molar-refractivity contribution in [1.82, 2.24) is 5.32 Å². The van der Waals surface area contributed by atoms with E-state index in [1.54, 1.807) is 0 Å². The van der Waals surface area contributed by atoms with E-state index in [1.165, 1.54) is 0 Å². The van der Waals surface area contributed by atoms with Gasteiger partial charge in [-0.25, -0.2) is 0 Å². The van der Waals surface area contributed by atoms with Crippen molar-refractivity contribution in [2.75, 3.05) is 26.4 Å². The van der Waals surface area contributed by atoms with Crippen molar-refractivity contribution >= 4 is 5.97 Å². The Hall–Kier alpha value is -0.610. The molecule has 102 valence electrons. The monoisotopic (exact) mass is 245 g/mol. The summed E-state index contributed by atoms with van der Waals surface area (Å²) in [6.45, 7) is 10.6. The maximum Gasteiger partial charge on any atom is 0.323 e. The zero-order valence-electron chi connectivity index (χ0n) is 11.6. The molecule has 0 aliphatic heterocycles. The second kappa shape index (κ2) is 10.5. The lowest BCUT2D eigenvalue weighted by Gasteiger charge is -2.16. The van der Waals surface area contributed by atoms with E-state index < -0.39 is 0 Å². The molecule has 0 aliphatic carbocycles. The molecule has 0 fully saturated rings. The van der Waals surface area contributed by atoms with Crippen molar-refractivity contribution in [3.8, 4) is 0 Å². The topological polar surface area (TPSA) is 47.6 Å². The summed E-state index contributed by atoms with van der Waals surface area (Å²) < 4.78 is 10.5. The molecule has 0 bridgehead atoms. The standard InChI is InChI=1S/C13H27NO3/c1-5-7-12(13(15)17-6-2)14-8-9-16-10-11(3)4/h11-12,14H,5-10H2,1-4H3. The third-order valence-corrected chi connectivity index (χ3v) is 2.24. The van der Waals surface area contributed by atoms with Gasteiger partial charge in [0.2, 0.25) is 0 Å². The van der Waals surface area contributed by atoms with E-state index >= 15 is 0 Å². The summed E-state index contributed by atoms with van der Waals surface area (Å²) in [7, 11) is 0. The van der Waals surface area contributed by atoms with E-state index in [0.717, 1.165) is 19.4 Å². The van der Waals surface area contributed by atoms with Crippen molar-refractivity contribution in [2.45, 2.75) is 46.6 Å². The Morgan fingerprint density at radius 3 is 2.53 bits per heavy atom. The first-order valence-electron chi connectivity index (χ1n) is 6.59. The predicted octanol–water partition coefficient (Wildman–Crippen LogP) is 1.98. The molecule has 0 aromatic heterocycles. The average Bonchev–Trinajstić information content (AvgIpc) is 2.27. The molecule has 0 rings (SSSR count). The van der Waals surface area contributed by atoms with Crippen LogP contribution in [0.3, 0.4) is 0 Å². The zero-order chi connectivity index (χ0) is 13.1. The van der Waals surface area contributed by atoms with Crippen LogP contribution in [0.5, 0.6) is 0 Å². The van der Waals surface area contributed by atoms with Crippen LogP contribution in [0.15, 0.2) is 0 Å². The number of hydrogen-bond donors (Lipinski definition) is 1. The molecule has 0 heterocycles. The Balaban J connectivity index is 3.73. The quantitative estimate of drug-likeness (QED) is 0.472. The molecule has 1 N–H and O–H groups in total. The molecule has 4 nitrogen and oxygen atoms in total. The lowest BCUT2D eigenvalue weighted by molar-refractivity contribution is -0.145. The van der Waals surface area contributed by atoms with Crippen LogP contribution in [-0.2, 0) is 14.3 Å². The Morgan fingerprint density at radius 2 is 2.00 bits per heavy atom. The first-order chi connectivity index (χ1) is 8.11.